The fourth-order valence-corrected chi connectivity index (χ4v) is 2.57. The first-order valence-electron chi connectivity index (χ1n) is 8.64. The van der Waals surface area contributed by atoms with Gasteiger partial charge in [-0.3, -0.25) is 9.78 Å². The zero-order valence-electron chi connectivity index (χ0n) is 14.9. The first-order valence-corrected chi connectivity index (χ1v) is 8.64. The molecule has 0 radical (unpaired) electrons. The Morgan fingerprint density at radius 2 is 1.79 bits per heavy atom. The SMILES string of the molecule is NC(Cc1ccc(OCc2ccccn2)cc1)C(=O)Nc1cc(F)cc(F)c1. The molecule has 0 fully saturated rings. The highest BCUT2D eigenvalue weighted by Crippen LogP contribution is 2.16. The van der Waals surface area contributed by atoms with Crippen molar-refractivity contribution in [3.05, 3.63) is 89.8 Å². The first kappa shape index (κ1) is 19.4. The van der Waals surface area contributed by atoms with Crippen LogP contribution in [-0.4, -0.2) is 16.9 Å². The summed E-state index contributed by atoms with van der Waals surface area (Å²) < 4.78 is 32.1. The molecule has 1 heterocycles. The van der Waals surface area contributed by atoms with E-state index in [0.29, 0.717) is 12.4 Å². The van der Waals surface area contributed by atoms with E-state index in [1.807, 2.05) is 30.3 Å². The number of hydrogen-bond donors (Lipinski definition) is 2. The van der Waals surface area contributed by atoms with Crippen LogP contribution in [0.25, 0.3) is 0 Å². The number of rotatable bonds is 7. The lowest BCUT2D eigenvalue weighted by atomic mass is 10.1. The number of aromatic nitrogens is 1. The summed E-state index contributed by atoms with van der Waals surface area (Å²) >= 11 is 0. The Kier molecular flexibility index (Phi) is 6.29. The van der Waals surface area contributed by atoms with Gasteiger partial charge < -0.3 is 15.8 Å². The Morgan fingerprint density at radius 1 is 1.07 bits per heavy atom. The number of carbonyl (C=O) groups excluding carboxylic acids is 1. The third-order valence-corrected chi connectivity index (χ3v) is 3.96. The van der Waals surface area contributed by atoms with Gasteiger partial charge in [-0.15, -0.1) is 0 Å². The minimum Gasteiger partial charge on any atom is -0.487 e. The minimum atomic E-state index is -0.869. The Morgan fingerprint density at radius 3 is 2.43 bits per heavy atom. The molecule has 0 saturated heterocycles. The second-order valence-corrected chi connectivity index (χ2v) is 6.21. The van der Waals surface area contributed by atoms with Crippen LogP contribution in [0.5, 0.6) is 5.75 Å². The van der Waals surface area contributed by atoms with Gasteiger partial charge in [0.1, 0.15) is 24.0 Å². The van der Waals surface area contributed by atoms with Gasteiger partial charge in [0.05, 0.1) is 11.7 Å². The van der Waals surface area contributed by atoms with E-state index in [4.69, 9.17) is 10.5 Å². The molecular formula is C21H19F2N3O2. The summed E-state index contributed by atoms with van der Waals surface area (Å²) in [4.78, 5) is 16.3. The highest BCUT2D eigenvalue weighted by Gasteiger charge is 2.15. The van der Waals surface area contributed by atoms with Gasteiger partial charge in [0, 0.05) is 18.0 Å². The summed E-state index contributed by atoms with van der Waals surface area (Å²) in [6.45, 7) is 0.353. The smallest absolute Gasteiger partial charge is 0.241 e. The predicted molar refractivity (Wildman–Crippen MR) is 102 cm³/mol. The maximum atomic E-state index is 13.2. The van der Waals surface area contributed by atoms with Crippen LogP contribution in [0.2, 0.25) is 0 Å². The number of halogens is 2. The highest BCUT2D eigenvalue weighted by molar-refractivity contribution is 5.94. The number of anilines is 1. The standard InChI is InChI=1S/C21H19F2N3O2/c22-15-10-16(23)12-18(11-15)26-21(27)20(24)9-14-4-6-19(7-5-14)28-13-17-3-1-2-8-25-17/h1-8,10-12,20H,9,13,24H2,(H,26,27). The van der Waals surface area contributed by atoms with Crippen LogP contribution in [0.1, 0.15) is 11.3 Å². The van der Waals surface area contributed by atoms with E-state index >= 15 is 0 Å². The lowest BCUT2D eigenvalue weighted by Gasteiger charge is -2.13. The molecule has 0 saturated carbocycles. The summed E-state index contributed by atoms with van der Waals surface area (Å²) in [7, 11) is 0. The van der Waals surface area contributed by atoms with E-state index in [-0.39, 0.29) is 12.1 Å². The number of carbonyl (C=O) groups is 1. The number of nitrogens with one attached hydrogen (secondary N) is 1. The number of amides is 1. The molecule has 1 aromatic heterocycles. The lowest BCUT2D eigenvalue weighted by molar-refractivity contribution is -0.117. The quantitative estimate of drug-likeness (QED) is 0.655. The van der Waals surface area contributed by atoms with Crippen molar-refractivity contribution in [2.75, 3.05) is 5.32 Å². The van der Waals surface area contributed by atoms with Gasteiger partial charge in [-0.25, -0.2) is 8.78 Å². The van der Waals surface area contributed by atoms with Crippen molar-refractivity contribution >= 4 is 11.6 Å². The molecule has 144 valence electrons. The number of nitrogens with two attached hydrogens (primary N) is 1. The molecule has 1 atom stereocenters. The Hall–Kier alpha value is -3.32. The van der Waals surface area contributed by atoms with Crippen molar-refractivity contribution in [1.29, 1.82) is 0 Å². The Labute approximate surface area is 161 Å². The zero-order chi connectivity index (χ0) is 19.9. The van der Waals surface area contributed by atoms with Gasteiger partial charge in [0.15, 0.2) is 0 Å². The average Bonchev–Trinajstić information content (AvgIpc) is 2.67. The van der Waals surface area contributed by atoms with Crippen LogP contribution in [0, 0.1) is 11.6 Å². The second-order valence-electron chi connectivity index (χ2n) is 6.21. The van der Waals surface area contributed by atoms with Gasteiger partial charge >= 0.3 is 0 Å². The van der Waals surface area contributed by atoms with Crippen molar-refractivity contribution in [3.63, 3.8) is 0 Å². The van der Waals surface area contributed by atoms with E-state index in [1.54, 1.807) is 18.3 Å². The lowest BCUT2D eigenvalue weighted by Crippen LogP contribution is -2.37. The zero-order valence-corrected chi connectivity index (χ0v) is 14.9. The van der Waals surface area contributed by atoms with E-state index in [9.17, 15) is 13.6 Å². The van der Waals surface area contributed by atoms with Crippen LogP contribution in [0.15, 0.2) is 66.9 Å². The fraction of sp³-hybridized carbons (Fsp3) is 0.143. The molecule has 3 aromatic rings. The Bertz CT molecular complexity index is 914. The van der Waals surface area contributed by atoms with Crippen LogP contribution >= 0.6 is 0 Å². The van der Waals surface area contributed by atoms with Crippen LogP contribution in [0.3, 0.4) is 0 Å². The minimum absolute atomic E-state index is 0.0243. The van der Waals surface area contributed by atoms with Gasteiger partial charge in [-0.05, 0) is 48.4 Å². The van der Waals surface area contributed by atoms with Crippen molar-refractivity contribution in [1.82, 2.24) is 4.98 Å². The second kappa shape index (κ2) is 9.05. The normalized spacial score (nSPS) is 11.7. The van der Waals surface area contributed by atoms with E-state index < -0.39 is 23.6 Å². The number of ether oxygens (including phenoxy) is 1. The molecule has 5 nitrogen and oxygen atoms in total. The van der Waals surface area contributed by atoms with Crippen molar-refractivity contribution < 1.29 is 18.3 Å². The van der Waals surface area contributed by atoms with Crippen LogP contribution in [0.4, 0.5) is 14.5 Å². The maximum absolute atomic E-state index is 13.2. The summed E-state index contributed by atoms with van der Waals surface area (Å²) in [5.74, 6) is -1.40. The van der Waals surface area contributed by atoms with Crippen LogP contribution < -0.4 is 15.8 Å². The maximum Gasteiger partial charge on any atom is 0.241 e. The molecular weight excluding hydrogens is 364 g/mol. The van der Waals surface area contributed by atoms with E-state index in [2.05, 4.69) is 10.3 Å². The highest BCUT2D eigenvalue weighted by atomic mass is 19.1. The molecule has 1 amide bonds. The van der Waals surface area contributed by atoms with Crippen LogP contribution in [-0.2, 0) is 17.8 Å². The summed E-state index contributed by atoms with van der Waals surface area (Å²) in [6.07, 6.45) is 1.97. The predicted octanol–water partition coefficient (Wildman–Crippen LogP) is 3.45. The molecule has 28 heavy (non-hydrogen) atoms. The van der Waals surface area contributed by atoms with Crippen molar-refractivity contribution in [2.45, 2.75) is 19.1 Å². The number of hydrogen-bond acceptors (Lipinski definition) is 4. The molecule has 0 aliphatic heterocycles. The largest absolute Gasteiger partial charge is 0.487 e. The molecule has 0 bridgehead atoms. The topological polar surface area (TPSA) is 77.2 Å². The fourth-order valence-electron chi connectivity index (χ4n) is 2.57. The summed E-state index contributed by atoms with van der Waals surface area (Å²) in [6, 6.07) is 14.7. The number of nitrogens with zero attached hydrogens (tertiary/aromatic N) is 1. The first-order chi connectivity index (χ1) is 13.5. The molecule has 2 aromatic carbocycles. The molecule has 3 rings (SSSR count). The molecule has 7 heteroatoms. The number of benzene rings is 2. The van der Waals surface area contributed by atoms with E-state index in [1.165, 1.54) is 0 Å². The van der Waals surface area contributed by atoms with Crippen molar-refractivity contribution in [2.24, 2.45) is 5.73 Å². The van der Waals surface area contributed by atoms with Gasteiger partial charge in [0.2, 0.25) is 5.91 Å². The molecule has 0 spiro atoms. The molecule has 3 N–H and O–H groups in total. The van der Waals surface area contributed by atoms with Crippen molar-refractivity contribution in [3.8, 4) is 5.75 Å². The molecule has 1 unspecified atom stereocenters. The van der Waals surface area contributed by atoms with Gasteiger partial charge in [0.25, 0.3) is 0 Å². The third-order valence-electron chi connectivity index (χ3n) is 3.96. The van der Waals surface area contributed by atoms with Gasteiger partial charge in [-0.2, -0.15) is 0 Å². The third kappa shape index (κ3) is 5.59. The number of pyridine rings is 1. The monoisotopic (exact) mass is 383 g/mol. The summed E-state index contributed by atoms with van der Waals surface area (Å²) in [5, 5.41) is 2.42. The molecule has 0 aliphatic rings. The Balaban J connectivity index is 1.53. The molecule has 0 aliphatic carbocycles. The summed E-state index contributed by atoms with van der Waals surface area (Å²) in [5.41, 5.74) is 7.58. The van der Waals surface area contributed by atoms with Gasteiger partial charge in [-0.1, -0.05) is 18.2 Å². The van der Waals surface area contributed by atoms with E-state index in [0.717, 1.165) is 29.5 Å². The average molecular weight is 383 g/mol.